The van der Waals surface area contributed by atoms with Crippen LogP contribution in [0.2, 0.25) is 13.1 Å². The van der Waals surface area contributed by atoms with Crippen LogP contribution >= 0.6 is 0 Å². The molecule has 2 aromatic rings. The first kappa shape index (κ1) is 22.4. The highest BCUT2D eigenvalue weighted by Gasteiger charge is 2.26. The van der Waals surface area contributed by atoms with Gasteiger partial charge in [0.05, 0.1) is 11.1 Å². The standard InChI is InChI=1S/C24H28O4Si/c1-15(25)23(16(2)26)19-7-11-21(12-8-19)29(5,6)22-13-9-20(10-14-22)24(17(3)27)18(4)28/h7-14,25,27H,1-6H3/b23-15-,24-17-. The third kappa shape index (κ3) is 4.74. The van der Waals surface area contributed by atoms with Crippen molar-refractivity contribution >= 4 is 41.2 Å². The molecule has 0 heterocycles. The smallest absolute Gasteiger partial charge is 0.163 e. The van der Waals surface area contributed by atoms with Gasteiger partial charge < -0.3 is 10.2 Å². The second kappa shape index (κ2) is 8.62. The van der Waals surface area contributed by atoms with Crippen LogP contribution in [-0.4, -0.2) is 29.9 Å². The number of hydrogen-bond acceptors (Lipinski definition) is 4. The molecular weight excluding hydrogens is 380 g/mol. The fourth-order valence-electron chi connectivity index (χ4n) is 3.61. The van der Waals surface area contributed by atoms with Crippen molar-refractivity contribution in [2.75, 3.05) is 0 Å². The first-order valence-corrected chi connectivity index (χ1v) is 12.5. The molecule has 5 heteroatoms. The van der Waals surface area contributed by atoms with Gasteiger partial charge in [-0.2, -0.15) is 0 Å². The molecule has 2 rings (SSSR count). The van der Waals surface area contributed by atoms with Crippen LogP contribution in [-0.2, 0) is 9.59 Å². The van der Waals surface area contributed by atoms with Gasteiger partial charge in [0.15, 0.2) is 11.6 Å². The van der Waals surface area contributed by atoms with Crippen molar-refractivity contribution < 1.29 is 19.8 Å². The van der Waals surface area contributed by atoms with Gasteiger partial charge >= 0.3 is 0 Å². The molecule has 0 unspecified atom stereocenters. The Morgan fingerprint density at radius 3 is 1.10 bits per heavy atom. The molecule has 0 aromatic heterocycles. The fourth-order valence-corrected chi connectivity index (χ4v) is 5.94. The number of hydrogen-bond donors (Lipinski definition) is 2. The van der Waals surface area contributed by atoms with E-state index in [9.17, 15) is 19.8 Å². The predicted molar refractivity (Wildman–Crippen MR) is 121 cm³/mol. The lowest BCUT2D eigenvalue weighted by Gasteiger charge is -2.24. The average molecular weight is 409 g/mol. The molecular formula is C24H28O4Si. The number of ketones is 2. The van der Waals surface area contributed by atoms with E-state index >= 15 is 0 Å². The van der Waals surface area contributed by atoms with Gasteiger partial charge in [-0.3, -0.25) is 9.59 Å². The van der Waals surface area contributed by atoms with Crippen LogP contribution in [0.15, 0.2) is 60.0 Å². The molecule has 0 radical (unpaired) electrons. The lowest BCUT2D eigenvalue weighted by Crippen LogP contribution is -2.52. The summed E-state index contributed by atoms with van der Waals surface area (Å²) in [6, 6.07) is 15.6. The maximum absolute atomic E-state index is 11.8. The van der Waals surface area contributed by atoms with Crippen LogP contribution < -0.4 is 10.4 Å². The highest BCUT2D eigenvalue weighted by molar-refractivity contribution is 7.00. The van der Waals surface area contributed by atoms with E-state index in [0.717, 1.165) is 0 Å². The lowest BCUT2D eigenvalue weighted by atomic mass is 10.0. The number of aliphatic hydroxyl groups is 2. The van der Waals surface area contributed by atoms with Gasteiger partial charge in [-0.1, -0.05) is 72.0 Å². The molecule has 2 aromatic carbocycles. The largest absolute Gasteiger partial charge is 0.512 e. The van der Waals surface area contributed by atoms with E-state index in [1.807, 2.05) is 48.5 Å². The minimum Gasteiger partial charge on any atom is -0.512 e. The van der Waals surface area contributed by atoms with Crippen molar-refractivity contribution in [1.29, 1.82) is 0 Å². The SMILES string of the molecule is CC(=O)/C(=C(\C)O)c1ccc([Si](C)(C)c2ccc(/C(C(C)=O)=C(/C)O)cc2)cc1. The molecule has 29 heavy (non-hydrogen) atoms. The number of aliphatic hydroxyl groups excluding tert-OH is 2. The van der Waals surface area contributed by atoms with E-state index in [1.165, 1.54) is 38.1 Å². The normalized spacial score (nSPS) is 13.4. The van der Waals surface area contributed by atoms with Crippen LogP contribution in [0.3, 0.4) is 0 Å². The predicted octanol–water partition coefficient (Wildman–Crippen LogP) is 4.27. The van der Waals surface area contributed by atoms with E-state index < -0.39 is 8.07 Å². The molecule has 0 atom stereocenters. The van der Waals surface area contributed by atoms with E-state index in [4.69, 9.17) is 0 Å². The number of benzene rings is 2. The minimum atomic E-state index is -2.01. The summed E-state index contributed by atoms with van der Waals surface area (Å²) in [6.07, 6.45) is 0. The van der Waals surface area contributed by atoms with Crippen molar-refractivity contribution in [3.05, 3.63) is 71.2 Å². The molecule has 0 aliphatic heterocycles. The Balaban J connectivity index is 2.41. The van der Waals surface area contributed by atoms with Crippen LogP contribution in [0.5, 0.6) is 0 Å². The number of carbonyl (C=O) groups excluding carboxylic acids is 2. The summed E-state index contributed by atoms with van der Waals surface area (Å²) in [5.74, 6) is -0.298. The van der Waals surface area contributed by atoms with E-state index in [2.05, 4.69) is 13.1 Å². The Morgan fingerprint density at radius 2 is 0.897 bits per heavy atom. The molecule has 0 aliphatic rings. The Kier molecular flexibility index (Phi) is 6.64. The van der Waals surface area contributed by atoms with Crippen LogP contribution in [0, 0.1) is 0 Å². The van der Waals surface area contributed by atoms with Crippen molar-refractivity contribution in [1.82, 2.24) is 0 Å². The van der Waals surface area contributed by atoms with E-state index in [0.29, 0.717) is 22.3 Å². The lowest BCUT2D eigenvalue weighted by molar-refractivity contribution is -0.112. The molecule has 2 N–H and O–H groups in total. The zero-order valence-corrected chi connectivity index (χ0v) is 18.8. The molecule has 152 valence electrons. The first-order chi connectivity index (χ1) is 13.5. The first-order valence-electron chi connectivity index (χ1n) is 9.50. The van der Waals surface area contributed by atoms with Gasteiger partial charge in [-0.25, -0.2) is 0 Å². The van der Waals surface area contributed by atoms with Gasteiger partial charge in [0.1, 0.15) is 19.6 Å². The summed E-state index contributed by atoms with van der Waals surface area (Å²) in [5, 5.41) is 22.0. The van der Waals surface area contributed by atoms with Gasteiger partial charge in [0.2, 0.25) is 0 Å². The fraction of sp³-hybridized carbons (Fsp3) is 0.250. The summed E-state index contributed by atoms with van der Waals surface area (Å²) in [6.45, 7) is 10.4. The molecule has 0 saturated heterocycles. The molecule has 0 spiro atoms. The van der Waals surface area contributed by atoms with Crippen LogP contribution in [0.25, 0.3) is 11.1 Å². The van der Waals surface area contributed by atoms with Gasteiger partial charge in [-0.15, -0.1) is 0 Å². The van der Waals surface area contributed by atoms with Crippen LogP contribution in [0.4, 0.5) is 0 Å². The maximum atomic E-state index is 11.8. The number of Topliss-reactive ketones (excluding diaryl/α,β-unsaturated/α-hetero) is 2. The topological polar surface area (TPSA) is 74.6 Å². The Labute approximate surface area is 173 Å². The average Bonchev–Trinajstić information content (AvgIpc) is 2.61. The third-order valence-electron chi connectivity index (χ3n) is 5.22. The molecule has 0 aliphatic carbocycles. The van der Waals surface area contributed by atoms with Crippen molar-refractivity contribution in [2.24, 2.45) is 0 Å². The zero-order chi connectivity index (χ0) is 21.9. The monoisotopic (exact) mass is 408 g/mol. The van der Waals surface area contributed by atoms with Crippen LogP contribution in [0.1, 0.15) is 38.8 Å². The highest BCUT2D eigenvalue weighted by atomic mass is 28.3. The molecule has 4 nitrogen and oxygen atoms in total. The number of carbonyl (C=O) groups is 2. The van der Waals surface area contributed by atoms with Gasteiger partial charge in [-0.05, 0) is 38.8 Å². The summed E-state index contributed by atoms with van der Waals surface area (Å²) >= 11 is 0. The van der Waals surface area contributed by atoms with E-state index in [-0.39, 0.29) is 23.1 Å². The molecule has 0 fully saturated rings. The van der Waals surface area contributed by atoms with Gasteiger partial charge in [0.25, 0.3) is 0 Å². The minimum absolute atomic E-state index is 0.0193. The van der Waals surface area contributed by atoms with Crippen molar-refractivity contribution in [3.63, 3.8) is 0 Å². The summed E-state index contributed by atoms with van der Waals surface area (Å²) in [4.78, 5) is 23.6. The number of rotatable bonds is 6. The molecule has 0 saturated carbocycles. The van der Waals surface area contributed by atoms with Crippen molar-refractivity contribution in [3.8, 4) is 0 Å². The quantitative estimate of drug-likeness (QED) is 0.425. The second-order valence-electron chi connectivity index (χ2n) is 7.81. The molecule has 0 amide bonds. The summed E-state index contributed by atoms with van der Waals surface area (Å²) in [7, 11) is -2.01. The molecule has 0 bridgehead atoms. The Hall–Kier alpha value is -2.92. The Morgan fingerprint density at radius 1 is 0.621 bits per heavy atom. The van der Waals surface area contributed by atoms with E-state index in [1.54, 1.807) is 0 Å². The third-order valence-corrected chi connectivity index (χ3v) is 8.77. The van der Waals surface area contributed by atoms with Gasteiger partial charge in [0, 0.05) is 0 Å². The van der Waals surface area contributed by atoms with Crippen molar-refractivity contribution in [2.45, 2.75) is 40.8 Å². The summed E-state index contributed by atoms with van der Waals surface area (Å²) in [5.41, 5.74) is 2.08. The highest BCUT2D eigenvalue weighted by Crippen LogP contribution is 2.20. The summed E-state index contributed by atoms with van der Waals surface area (Å²) < 4.78 is 0. The second-order valence-corrected chi connectivity index (χ2v) is 12.2. The Bertz CT molecular complexity index is 905. The number of allylic oxidation sites excluding steroid dienone is 4. The zero-order valence-electron chi connectivity index (χ0n) is 17.8. The maximum Gasteiger partial charge on any atom is 0.163 e.